The second-order valence-corrected chi connectivity index (χ2v) is 7.09. The van der Waals surface area contributed by atoms with E-state index in [0.717, 1.165) is 12.8 Å². The van der Waals surface area contributed by atoms with Gasteiger partial charge in [-0.05, 0) is 19.3 Å². The van der Waals surface area contributed by atoms with Crippen LogP contribution in [0.1, 0.15) is 90.9 Å². The summed E-state index contributed by atoms with van der Waals surface area (Å²) in [4.78, 5) is 10.0. The van der Waals surface area contributed by atoms with Crippen molar-refractivity contribution in [3.63, 3.8) is 0 Å². The van der Waals surface area contributed by atoms with Crippen molar-refractivity contribution < 1.29 is 14.4 Å². The first-order valence-corrected chi connectivity index (χ1v) is 9.57. The second kappa shape index (κ2) is 14.0. The monoisotopic (exact) mass is 313 g/mol. The molecule has 0 unspecified atom stereocenters. The first kappa shape index (κ1) is 21.4. The number of hydrogen-bond donors (Lipinski definition) is 0. The molecule has 0 spiro atoms. The predicted molar refractivity (Wildman–Crippen MR) is 92.5 cm³/mol. The van der Waals surface area contributed by atoms with E-state index < -0.39 is 5.97 Å². The van der Waals surface area contributed by atoms with Crippen molar-refractivity contribution in [2.24, 2.45) is 0 Å². The molecular weight excluding hydrogens is 274 g/mol. The fourth-order valence-corrected chi connectivity index (χ4v) is 3.09. The Balaban J connectivity index is 0.000000406. The van der Waals surface area contributed by atoms with Crippen molar-refractivity contribution in [1.82, 2.24) is 0 Å². The molecule has 0 saturated carbocycles. The van der Waals surface area contributed by atoms with Gasteiger partial charge in [-0.3, -0.25) is 0 Å². The first-order chi connectivity index (χ1) is 10.5. The summed E-state index contributed by atoms with van der Waals surface area (Å²) >= 11 is 0. The lowest BCUT2D eigenvalue weighted by atomic mass is 10.1. The molecule has 22 heavy (non-hydrogen) atoms. The van der Waals surface area contributed by atoms with Crippen LogP contribution in [0.25, 0.3) is 0 Å². The molecule has 3 nitrogen and oxygen atoms in total. The Labute approximate surface area is 138 Å². The number of carbonyl (C=O) groups is 1. The third kappa shape index (κ3) is 13.1. The second-order valence-electron chi connectivity index (χ2n) is 7.09. The van der Waals surface area contributed by atoms with Crippen LogP contribution in [0.15, 0.2) is 0 Å². The lowest BCUT2D eigenvalue weighted by molar-refractivity contribution is -0.897. The number of carbonyl (C=O) groups excluding carboxylic acids is 1. The van der Waals surface area contributed by atoms with E-state index in [0.29, 0.717) is 0 Å². The quantitative estimate of drug-likeness (QED) is 0.429. The molecule has 1 aliphatic rings. The molecule has 3 heteroatoms. The maximum absolute atomic E-state index is 10.0. The van der Waals surface area contributed by atoms with E-state index in [9.17, 15) is 9.90 Å². The van der Waals surface area contributed by atoms with Crippen LogP contribution in [0.2, 0.25) is 0 Å². The van der Waals surface area contributed by atoms with Crippen LogP contribution in [0.3, 0.4) is 0 Å². The van der Waals surface area contributed by atoms with Crippen molar-refractivity contribution >= 4 is 5.97 Å². The van der Waals surface area contributed by atoms with Gasteiger partial charge < -0.3 is 14.4 Å². The lowest BCUT2D eigenvalue weighted by Gasteiger charge is -2.28. The van der Waals surface area contributed by atoms with Gasteiger partial charge in [0.15, 0.2) is 0 Å². The fourth-order valence-electron chi connectivity index (χ4n) is 3.09. The third-order valence-electron chi connectivity index (χ3n) is 4.68. The summed E-state index contributed by atoms with van der Waals surface area (Å²) in [6.45, 7) is 8.74. The van der Waals surface area contributed by atoms with Gasteiger partial charge in [0.2, 0.25) is 0 Å². The normalized spacial score (nSPS) is 16.1. The molecule has 0 atom stereocenters. The van der Waals surface area contributed by atoms with E-state index >= 15 is 0 Å². The minimum atomic E-state index is -0.913. The van der Waals surface area contributed by atoms with Gasteiger partial charge >= 0.3 is 0 Å². The number of likely N-dealkylation sites (tertiary alicyclic amines) is 1. The molecular formula is C19H39NO2. The van der Waals surface area contributed by atoms with Crippen LogP contribution in [0, 0.1) is 0 Å². The highest BCUT2D eigenvalue weighted by Gasteiger charge is 2.25. The Morgan fingerprint density at radius 1 is 0.864 bits per heavy atom. The standard InChI is InChI=1S/C10H20O2.C9H20N/c1-2-3-4-5-6-7-8-9-10(11)12;1-3-4-7-10(2)8-5-6-9-10/h2-9H2,1H3,(H,11,12);3-9H2,1-2H3/q;+1/p-1. The number of aliphatic carboxylic acids is 1. The van der Waals surface area contributed by atoms with Crippen molar-refractivity contribution in [1.29, 1.82) is 0 Å². The molecule has 0 radical (unpaired) electrons. The SMILES string of the molecule is CCCCCCCCCC(=O)[O-].CCCC[N+]1(C)CCCC1. The highest BCUT2D eigenvalue weighted by atomic mass is 16.4. The minimum absolute atomic E-state index is 0.230. The van der Waals surface area contributed by atoms with Crippen LogP contribution < -0.4 is 5.11 Å². The highest BCUT2D eigenvalue weighted by molar-refractivity contribution is 5.63. The molecule has 0 N–H and O–H groups in total. The van der Waals surface area contributed by atoms with E-state index in [-0.39, 0.29) is 6.42 Å². The van der Waals surface area contributed by atoms with E-state index in [1.165, 1.54) is 81.9 Å². The maximum Gasteiger partial charge on any atom is 0.0786 e. The van der Waals surface area contributed by atoms with Gasteiger partial charge in [0, 0.05) is 18.8 Å². The van der Waals surface area contributed by atoms with Gasteiger partial charge in [0.25, 0.3) is 0 Å². The molecule has 1 fully saturated rings. The van der Waals surface area contributed by atoms with Gasteiger partial charge in [-0.25, -0.2) is 0 Å². The van der Waals surface area contributed by atoms with Gasteiger partial charge in [-0.2, -0.15) is 0 Å². The Kier molecular flexibility index (Phi) is 13.7. The molecule has 0 amide bonds. The van der Waals surface area contributed by atoms with E-state index in [1.807, 2.05) is 0 Å². The van der Waals surface area contributed by atoms with Crippen molar-refractivity contribution in [3.05, 3.63) is 0 Å². The summed E-state index contributed by atoms with van der Waals surface area (Å²) in [7, 11) is 2.41. The third-order valence-corrected chi connectivity index (χ3v) is 4.68. The topological polar surface area (TPSA) is 40.1 Å². The Hall–Kier alpha value is -0.570. The van der Waals surface area contributed by atoms with Gasteiger partial charge in [0.1, 0.15) is 0 Å². The van der Waals surface area contributed by atoms with E-state index in [1.54, 1.807) is 0 Å². The van der Waals surface area contributed by atoms with E-state index in [4.69, 9.17) is 0 Å². The first-order valence-electron chi connectivity index (χ1n) is 9.57. The maximum atomic E-state index is 10.0. The summed E-state index contributed by atoms with van der Waals surface area (Å²) in [5.74, 6) is -0.913. The van der Waals surface area contributed by atoms with Gasteiger partial charge in [0.05, 0.1) is 26.7 Å². The van der Waals surface area contributed by atoms with Crippen LogP contribution in [-0.4, -0.2) is 37.1 Å². The van der Waals surface area contributed by atoms with Crippen LogP contribution in [0.5, 0.6) is 0 Å². The molecule has 0 aromatic rings. The highest BCUT2D eigenvalue weighted by Crippen LogP contribution is 2.16. The zero-order valence-corrected chi connectivity index (χ0v) is 15.4. The number of carboxylic acid groups (broad SMARTS) is 1. The summed E-state index contributed by atoms with van der Waals surface area (Å²) in [6, 6.07) is 0. The number of hydrogen-bond acceptors (Lipinski definition) is 2. The van der Waals surface area contributed by atoms with Gasteiger partial charge in [-0.1, -0.05) is 58.8 Å². The number of quaternary nitrogens is 1. The summed E-state index contributed by atoms with van der Waals surface area (Å²) in [6.07, 6.45) is 14.0. The predicted octanol–water partition coefficient (Wildman–Crippen LogP) is 3.90. The number of nitrogens with zero attached hydrogens (tertiary/aromatic N) is 1. The number of rotatable bonds is 11. The lowest BCUT2D eigenvalue weighted by Crippen LogP contribution is -2.41. The molecule has 1 aliphatic heterocycles. The van der Waals surface area contributed by atoms with Crippen LogP contribution in [0.4, 0.5) is 0 Å². The fraction of sp³-hybridized carbons (Fsp3) is 0.947. The molecule has 0 aliphatic carbocycles. The minimum Gasteiger partial charge on any atom is -0.550 e. The number of unbranched alkanes of at least 4 members (excludes halogenated alkanes) is 7. The van der Waals surface area contributed by atoms with Crippen molar-refractivity contribution in [3.8, 4) is 0 Å². The molecule has 0 aromatic heterocycles. The summed E-state index contributed by atoms with van der Waals surface area (Å²) in [5.41, 5.74) is 0. The largest absolute Gasteiger partial charge is 0.550 e. The van der Waals surface area contributed by atoms with Crippen LogP contribution >= 0.6 is 0 Å². The molecule has 0 bridgehead atoms. The summed E-state index contributed by atoms with van der Waals surface area (Å²) in [5, 5.41) is 10.0. The zero-order chi connectivity index (χ0) is 16.7. The average molecular weight is 314 g/mol. The summed E-state index contributed by atoms with van der Waals surface area (Å²) < 4.78 is 1.36. The smallest absolute Gasteiger partial charge is 0.0786 e. The molecule has 132 valence electrons. The van der Waals surface area contributed by atoms with E-state index in [2.05, 4.69) is 20.9 Å². The van der Waals surface area contributed by atoms with Crippen LogP contribution in [-0.2, 0) is 4.79 Å². The Bertz CT molecular complexity index is 260. The van der Waals surface area contributed by atoms with Crippen molar-refractivity contribution in [2.75, 3.05) is 26.7 Å². The Morgan fingerprint density at radius 2 is 1.36 bits per heavy atom. The Morgan fingerprint density at radius 3 is 1.86 bits per heavy atom. The van der Waals surface area contributed by atoms with Crippen molar-refractivity contribution in [2.45, 2.75) is 90.9 Å². The molecule has 1 saturated heterocycles. The molecule has 1 rings (SSSR count). The number of carboxylic acids is 1. The molecule has 0 aromatic carbocycles. The van der Waals surface area contributed by atoms with Gasteiger partial charge in [-0.15, -0.1) is 0 Å². The zero-order valence-electron chi connectivity index (χ0n) is 15.4. The average Bonchev–Trinajstić information content (AvgIpc) is 2.92. The molecule has 1 heterocycles.